The summed E-state index contributed by atoms with van der Waals surface area (Å²) >= 11 is 0. The fourth-order valence-electron chi connectivity index (χ4n) is 7.49. The van der Waals surface area contributed by atoms with E-state index in [1.165, 1.54) is 16.0 Å². The Kier molecular flexibility index (Phi) is 8.71. The van der Waals surface area contributed by atoms with Gasteiger partial charge in [0.15, 0.2) is 0 Å². The van der Waals surface area contributed by atoms with E-state index in [-0.39, 0.29) is 49.9 Å². The van der Waals surface area contributed by atoms with E-state index in [9.17, 15) is 23.5 Å². The molecule has 2 atom stereocenters. The van der Waals surface area contributed by atoms with Gasteiger partial charge in [-0.25, -0.2) is 13.2 Å². The summed E-state index contributed by atoms with van der Waals surface area (Å²) < 4.78 is 46.2. The molecule has 2 amide bonds. The molecule has 6 rings (SSSR count). The number of aliphatic hydroxyl groups is 1. The van der Waals surface area contributed by atoms with Gasteiger partial charge in [0.05, 0.1) is 24.6 Å². The van der Waals surface area contributed by atoms with Gasteiger partial charge in [-0.3, -0.25) is 14.5 Å². The summed E-state index contributed by atoms with van der Waals surface area (Å²) in [7, 11) is 0. The number of aliphatic hydroxyl groups excluding tert-OH is 1. The highest BCUT2D eigenvalue weighted by atomic mass is 19.3. The number of piperazine rings is 1. The molecule has 1 N–H and O–H groups in total. The molecular formula is C33H44F3N5O3. The summed E-state index contributed by atoms with van der Waals surface area (Å²) in [5.41, 5.74) is 4.82. The molecule has 1 aromatic carbocycles. The molecule has 0 saturated carbocycles. The Balaban J connectivity index is 1.14. The highest BCUT2D eigenvalue weighted by molar-refractivity contribution is 5.96. The number of halogens is 3. The van der Waals surface area contributed by atoms with Crippen LogP contribution in [-0.4, -0.2) is 113 Å². The van der Waals surface area contributed by atoms with Crippen molar-refractivity contribution in [2.45, 2.75) is 83.2 Å². The number of hydrogen-bond acceptors (Lipinski definition) is 5. The van der Waals surface area contributed by atoms with Crippen LogP contribution in [0.15, 0.2) is 24.4 Å². The summed E-state index contributed by atoms with van der Waals surface area (Å²) in [4.78, 5) is 34.8. The number of anilines is 1. The van der Waals surface area contributed by atoms with Crippen molar-refractivity contribution in [1.82, 2.24) is 19.3 Å². The second-order valence-electron chi connectivity index (χ2n) is 13.1. The summed E-state index contributed by atoms with van der Waals surface area (Å²) in [6, 6.07) is 5.92. The van der Waals surface area contributed by atoms with E-state index in [1.54, 1.807) is 15.7 Å². The molecule has 4 heterocycles. The van der Waals surface area contributed by atoms with Crippen LogP contribution in [0.4, 0.5) is 18.9 Å². The van der Waals surface area contributed by atoms with Gasteiger partial charge in [-0.2, -0.15) is 0 Å². The van der Waals surface area contributed by atoms with Crippen molar-refractivity contribution < 1.29 is 27.9 Å². The van der Waals surface area contributed by atoms with Crippen LogP contribution in [0.1, 0.15) is 58.4 Å². The van der Waals surface area contributed by atoms with Crippen molar-refractivity contribution in [3.63, 3.8) is 0 Å². The highest BCUT2D eigenvalue weighted by Gasteiger charge is 2.41. The van der Waals surface area contributed by atoms with E-state index in [2.05, 4.69) is 35.8 Å². The largest absolute Gasteiger partial charge is 0.393 e. The Labute approximate surface area is 257 Å². The first-order chi connectivity index (χ1) is 21.0. The second-order valence-corrected chi connectivity index (χ2v) is 13.1. The smallest absolute Gasteiger partial charge is 0.255 e. The molecule has 240 valence electrons. The average molecular weight is 616 g/mol. The maximum atomic E-state index is 15.4. The van der Waals surface area contributed by atoms with Gasteiger partial charge < -0.3 is 24.4 Å². The number of aromatic nitrogens is 1. The molecule has 0 bridgehead atoms. The fraction of sp³-hybridized carbons (Fsp3) is 0.636. The van der Waals surface area contributed by atoms with Gasteiger partial charge in [-0.15, -0.1) is 0 Å². The van der Waals surface area contributed by atoms with Crippen molar-refractivity contribution in [2.75, 3.05) is 57.3 Å². The quantitative estimate of drug-likeness (QED) is 0.557. The minimum Gasteiger partial charge on any atom is -0.393 e. The Morgan fingerprint density at radius 2 is 1.70 bits per heavy atom. The number of hydrogen-bond donors (Lipinski definition) is 1. The van der Waals surface area contributed by atoms with Gasteiger partial charge in [0, 0.05) is 75.9 Å². The molecular weight excluding hydrogens is 571 g/mol. The lowest BCUT2D eigenvalue weighted by Gasteiger charge is -2.42. The molecule has 0 spiro atoms. The Morgan fingerprint density at radius 1 is 0.977 bits per heavy atom. The van der Waals surface area contributed by atoms with Gasteiger partial charge in [-0.05, 0) is 62.3 Å². The van der Waals surface area contributed by atoms with Gasteiger partial charge >= 0.3 is 0 Å². The number of piperidine rings is 2. The average Bonchev–Trinajstić information content (AvgIpc) is 3.34. The maximum absolute atomic E-state index is 15.4. The van der Waals surface area contributed by atoms with Crippen molar-refractivity contribution >= 4 is 17.5 Å². The number of nitrogens with zero attached hydrogens (tertiary/aromatic N) is 5. The van der Waals surface area contributed by atoms with Gasteiger partial charge in [0.25, 0.3) is 11.8 Å². The number of benzene rings is 1. The first-order valence-electron chi connectivity index (χ1n) is 16.0. The molecule has 3 aliphatic heterocycles. The predicted octanol–water partition coefficient (Wildman–Crippen LogP) is 3.59. The third-order valence-electron chi connectivity index (χ3n) is 10.3. The zero-order valence-electron chi connectivity index (χ0n) is 25.8. The van der Waals surface area contributed by atoms with E-state index in [4.69, 9.17) is 0 Å². The lowest BCUT2D eigenvalue weighted by Crippen LogP contribution is -2.55. The number of likely N-dealkylation sites (tertiary alicyclic amines) is 2. The number of carbonyl (C=O) groups excluding carboxylic acids is 2. The molecule has 1 aliphatic carbocycles. The molecule has 44 heavy (non-hydrogen) atoms. The summed E-state index contributed by atoms with van der Waals surface area (Å²) in [5.74, 6) is -3.42. The molecule has 8 nitrogen and oxygen atoms in total. The van der Waals surface area contributed by atoms with E-state index >= 15 is 4.39 Å². The van der Waals surface area contributed by atoms with Crippen LogP contribution in [0.3, 0.4) is 0 Å². The van der Waals surface area contributed by atoms with Crippen LogP contribution in [0, 0.1) is 13.8 Å². The molecule has 0 unspecified atom stereocenters. The van der Waals surface area contributed by atoms with E-state index in [0.29, 0.717) is 81.9 Å². The Bertz CT molecular complexity index is 1380. The number of rotatable bonds is 5. The lowest BCUT2D eigenvalue weighted by atomic mass is 9.91. The number of fused-ring (bicyclic) bond motifs is 1. The second kappa shape index (κ2) is 12.4. The van der Waals surface area contributed by atoms with Crippen LogP contribution in [0.2, 0.25) is 0 Å². The van der Waals surface area contributed by atoms with Gasteiger partial charge in [0.1, 0.15) is 12.7 Å². The fourth-order valence-corrected chi connectivity index (χ4v) is 7.49. The monoisotopic (exact) mass is 615 g/mol. The van der Waals surface area contributed by atoms with Crippen LogP contribution >= 0.6 is 0 Å². The molecule has 0 radical (unpaired) electrons. The summed E-state index contributed by atoms with van der Waals surface area (Å²) in [6.45, 7) is 8.09. The van der Waals surface area contributed by atoms with Gasteiger partial charge in [-0.1, -0.05) is 12.1 Å². The zero-order chi connectivity index (χ0) is 31.2. The molecule has 3 fully saturated rings. The molecule has 3 saturated heterocycles. The first kappa shape index (κ1) is 31.0. The number of alkyl halides is 3. The summed E-state index contributed by atoms with van der Waals surface area (Å²) in [6.07, 6.45) is 0.895. The van der Waals surface area contributed by atoms with E-state index < -0.39 is 18.5 Å². The van der Waals surface area contributed by atoms with Crippen LogP contribution in [0.25, 0.3) is 0 Å². The summed E-state index contributed by atoms with van der Waals surface area (Å²) in [5, 5.41) is 9.81. The normalized spacial score (nSPS) is 24.8. The Hall–Kier alpha value is -3.05. The number of carbonyl (C=O) groups is 2. The van der Waals surface area contributed by atoms with Gasteiger partial charge in [0.2, 0.25) is 5.91 Å². The van der Waals surface area contributed by atoms with Crippen LogP contribution < -0.4 is 4.90 Å². The third-order valence-corrected chi connectivity index (χ3v) is 10.3. The lowest BCUT2D eigenvalue weighted by molar-refractivity contribution is -0.132. The van der Waals surface area contributed by atoms with E-state index in [1.807, 2.05) is 6.07 Å². The SMILES string of the molecule is Cc1cccc(N2CCN(C(=O)Cn3cc(C(=O)N4CC[C@@H](N5CCC(O)CC5)[C@@H](F)C4)c4c3CC(F)(F)CC4)CC2)c1C. The topological polar surface area (TPSA) is 72.3 Å². The zero-order valence-corrected chi connectivity index (χ0v) is 25.8. The van der Waals surface area contributed by atoms with Crippen LogP contribution in [-0.2, 0) is 24.2 Å². The predicted molar refractivity (Wildman–Crippen MR) is 162 cm³/mol. The molecule has 2 aromatic rings. The minimum absolute atomic E-state index is 0.0464. The molecule has 1 aromatic heterocycles. The number of amides is 2. The first-order valence-corrected chi connectivity index (χ1v) is 16.0. The third kappa shape index (κ3) is 6.22. The van der Waals surface area contributed by atoms with Crippen molar-refractivity contribution in [3.8, 4) is 0 Å². The maximum Gasteiger partial charge on any atom is 0.255 e. The highest BCUT2D eigenvalue weighted by Crippen LogP contribution is 2.37. The molecule has 4 aliphatic rings. The van der Waals surface area contributed by atoms with E-state index in [0.717, 1.165) is 5.69 Å². The van der Waals surface area contributed by atoms with Crippen molar-refractivity contribution in [2.24, 2.45) is 0 Å². The Morgan fingerprint density at radius 3 is 2.41 bits per heavy atom. The van der Waals surface area contributed by atoms with Crippen LogP contribution in [0.5, 0.6) is 0 Å². The standard InChI is InChI=1S/C33H44F3N5O3/c1-22-4-3-5-28(23(22)2)38-14-16-39(17-15-38)31(43)21-41-19-26(25-6-10-33(35,36)18-30(25)41)32(44)40-13-9-29(27(34)20-40)37-11-7-24(42)8-12-37/h3-5,19,24,27,29,42H,6-18,20-21H2,1-2H3/t27-,29+/m0/s1. The number of aryl methyl sites for hydroxylation is 1. The molecule has 11 heteroatoms. The van der Waals surface area contributed by atoms with Crippen molar-refractivity contribution in [1.29, 1.82) is 0 Å². The van der Waals surface area contributed by atoms with Crippen molar-refractivity contribution in [3.05, 3.63) is 52.3 Å². The minimum atomic E-state index is -2.91.